The molecule has 2 heterocycles. The van der Waals surface area contributed by atoms with Crippen LogP contribution < -0.4 is 14.9 Å². The number of fused-ring (bicyclic) bond motifs is 1. The Bertz CT molecular complexity index is 1360. The maximum absolute atomic E-state index is 11.9. The van der Waals surface area contributed by atoms with Crippen LogP contribution in [0.1, 0.15) is 23.2 Å². The number of carbonyl (C=O) groups is 1. The van der Waals surface area contributed by atoms with Crippen molar-refractivity contribution >= 4 is 38.9 Å². The van der Waals surface area contributed by atoms with Crippen LogP contribution in [0, 0.1) is 11.8 Å². The Labute approximate surface area is 186 Å². The molecule has 2 N–H and O–H groups in total. The summed E-state index contributed by atoms with van der Waals surface area (Å²) in [5.41, 5.74) is 4.25. The summed E-state index contributed by atoms with van der Waals surface area (Å²) in [6, 6.07) is 14.4. The lowest BCUT2D eigenvalue weighted by Crippen LogP contribution is -2.25. The molecule has 2 aromatic carbocycles. The molecule has 1 aliphatic rings. The first-order valence-corrected chi connectivity index (χ1v) is 11.7. The van der Waals surface area contributed by atoms with Crippen LogP contribution in [0.2, 0.25) is 0 Å². The van der Waals surface area contributed by atoms with E-state index < -0.39 is 10.0 Å². The van der Waals surface area contributed by atoms with Crippen LogP contribution in [0.15, 0.2) is 54.7 Å². The predicted octanol–water partition coefficient (Wildman–Crippen LogP) is 2.90. The van der Waals surface area contributed by atoms with Gasteiger partial charge in [0.15, 0.2) is 0 Å². The van der Waals surface area contributed by atoms with E-state index in [1.54, 1.807) is 36.5 Å². The Hall–Kier alpha value is -3.90. The maximum Gasteiger partial charge on any atom is 0.232 e. The normalized spacial score (nSPS) is 12.8. The van der Waals surface area contributed by atoms with Gasteiger partial charge in [-0.1, -0.05) is 18.1 Å². The number of aryl methyl sites for hydroxylation is 1. The van der Waals surface area contributed by atoms with Crippen molar-refractivity contribution in [1.29, 1.82) is 0 Å². The second-order valence-electron chi connectivity index (χ2n) is 7.31. The predicted molar refractivity (Wildman–Crippen MR) is 124 cm³/mol. The van der Waals surface area contributed by atoms with E-state index in [-0.39, 0.29) is 5.91 Å². The van der Waals surface area contributed by atoms with E-state index in [2.05, 4.69) is 32.4 Å². The minimum atomic E-state index is -3.41. The first-order valence-electron chi connectivity index (χ1n) is 9.87. The Morgan fingerprint density at radius 1 is 1.09 bits per heavy atom. The van der Waals surface area contributed by atoms with Crippen LogP contribution in [0.5, 0.6) is 0 Å². The van der Waals surface area contributed by atoms with Gasteiger partial charge in [0.25, 0.3) is 0 Å². The zero-order valence-corrected chi connectivity index (χ0v) is 18.4. The van der Waals surface area contributed by atoms with Gasteiger partial charge in [0.05, 0.1) is 11.9 Å². The van der Waals surface area contributed by atoms with Crippen LogP contribution in [-0.2, 0) is 21.2 Å². The molecule has 1 amide bonds. The SMILES string of the molecule is CN(c1ccccc1C#Cc1ccnc(Nc2ccc3c(c2)CCC(=O)N3)n1)S(C)(=O)=O. The fourth-order valence-corrected chi connectivity index (χ4v) is 3.76. The van der Waals surface area contributed by atoms with E-state index >= 15 is 0 Å². The summed E-state index contributed by atoms with van der Waals surface area (Å²) in [4.78, 5) is 20.2. The highest BCUT2D eigenvalue weighted by molar-refractivity contribution is 7.92. The van der Waals surface area contributed by atoms with Gasteiger partial charge in [-0.15, -0.1) is 0 Å². The molecule has 0 spiro atoms. The third-order valence-electron chi connectivity index (χ3n) is 4.98. The minimum absolute atomic E-state index is 0.0251. The average molecular weight is 448 g/mol. The highest BCUT2D eigenvalue weighted by Crippen LogP contribution is 2.26. The Morgan fingerprint density at radius 3 is 2.72 bits per heavy atom. The summed E-state index contributed by atoms with van der Waals surface area (Å²) >= 11 is 0. The summed E-state index contributed by atoms with van der Waals surface area (Å²) in [6.45, 7) is 0. The third-order valence-corrected chi connectivity index (χ3v) is 6.17. The van der Waals surface area contributed by atoms with Crippen molar-refractivity contribution in [3.05, 3.63) is 71.5 Å². The van der Waals surface area contributed by atoms with Crippen molar-refractivity contribution in [1.82, 2.24) is 9.97 Å². The Balaban J connectivity index is 1.56. The summed E-state index contributed by atoms with van der Waals surface area (Å²) in [5.74, 6) is 6.40. The Kier molecular flexibility index (Phi) is 5.79. The number of benzene rings is 2. The molecule has 0 saturated carbocycles. The summed E-state index contributed by atoms with van der Waals surface area (Å²) in [7, 11) is -1.91. The highest BCUT2D eigenvalue weighted by Gasteiger charge is 2.15. The lowest BCUT2D eigenvalue weighted by Gasteiger charge is -2.18. The number of hydrogen-bond donors (Lipinski definition) is 2. The summed E-state index contributed by atoms with van der Waals surface area (Å²) in [6.07, 6.45) is 3.90. The molecule has 32 heavy (non-hydrogen) atoms. The monoisotopic (exact) mass is 447 g/mol. The number of nitrogens with one attached hydrogen (secondary N) is 2. The van der Waals surface area contributed by atoms with Crippen molar-refractivity contribution in [2.75, 3.05) is 28.2 Å². The van der Waals surface area contributed by atoms with Gasteiger partial charge in [-0.2, -0.15) is 0 Å². The van der Waals surface area contributed by atoms with E-state index in [0.29, 0.717) is 35.7 Å². The topological polar surface area (TPSA) is 104 Å². The van der Waals surface area contributed by atoms with Crippen molar-refractivity contribution in [3.8, 4) is 11.8 Å². The standard InChI is InChI=1S/C23H21N5O3S/c1-28(32(2,30)31)21-6-4-3-5-16(21)7-9-18-13-14-24-23(25-18)26-19-10-11-20-17(15-19)8-12-22(29)27-20/h3-6,10-11,13-15H,8,12H2,1-2H3,(H,27,29)(H,24,25,26). The van der Waals surface area contributed by atoms with Crippen LogP contribution >= 0.6 is 0 Å². The van der Waals surface area contributed by atoms with Gasteiger partial charge in [0.2, 0.25) is 21.9 Å². The van der Waals surface area contributed by atoms with Gasteiger partial charge in [0, 0.05) is 36.6 Å². The quantitative estimate of drug-likeness (QED) is 0.596. The second kappa shape index (κ2) is 8.69. The average Bonchev–Trinajstić information content (AvgIpc) is 2.77. The molecule has 0 atom stereocenters. The molecule has 162 valence electrons. The maximum atomic E-state index is 11.9. The molecule has 1 aliphatic heterocycles. The first kappa shape index (κ1) is 21.3. The molecule has 0 radical (unpaired) electrons. The van der Waals surface area contributed by atoms with E-state index in [1.165, 1.54) is 11.4 Å². The lowest BCUT2D eigenvalue weighted by molar-refractivity contribution is -0.116. The molecule has 1 aromatic heterocycles. The zero-order valence-electron chi connectivity index (χ0n) is 17.6. The van der Waals surface area contributed by atoms with Gasteiger partial charge in [-0.3, -0.25) is 9.10 Å². The smallest absolute Gasteiger partial charge is 0.232 e. The Morgan fingerprint density at radius 2 is 1.91 bits per heavy atom. The first-order chi connectivity index (χ1) is 15.3. The molecule has 0 fully saturated rings. The highest BCUT2D eigenvalue weighted by atomic mass is 32.2. The number of nitrogens with zero attached hydrogens (tertiary/aromatic N) is 3. The van der Waals surface area contributed by atoms with E-state index in [4.69, 9.17) is 0 Å². The molecule has 9 heteroatoms. The van der Waals surface area contributed by atoms with Crippen molar-refractivity contribution in [3.63, 3.8) is 0 Å². The number of hydrogen-bond acceptors (Lipinski definition) is 6. The van der Waals surface area contributed by atoms with Crippen LogP contribution in [-0.4, -0.2) is 37.6 Å². The van der Waals surface area contributed by atoms with Gasteiger partial charge >= 0.3 is 0 Å². The summed E-state index contributed by atoms with van der Waals surface area (Å²) in [5, 5.41) is 6.02. The van der Waals surface area contributed by atoms with E-state index in [9.17, 15) is 13.2 Å². The molecule has 0 aliphatic carbocycles. The van der Waals surface area contributed by atoms with Crippen LogP contribution in [0.3, 0.4) is 0 Å². The number of sulfonamides is 1. The molecule has 0 bridgehead atoms. The van der Waals surface area contributed by atoms with Gasteiger partial charge in [0.1, 0.15) is 5.69 Å². The van der Waals surface area contributed by atoms with E-state index in [0.717, 1.165) is 23.2 Å². The lowest BCUT2D eigenvalue weighted by atomic mass is 10.0. The van der Waals surface area contributed by atoms with Gasteiger partial charge < -0.3 is 10.6 Å². The number of amides is 1. The van der Waals surface area contributed by atoms with E-state index in [1.807, 2.05) is 18.2 Å². The number of carbonyl (C=O) groups excluding carboxylic acids is 1. The second-order valence-corrected chi connectivity index (χ2v) is 9.32. The van der Waals surface area contributed by atoms with Crippen LogP contribution in [0.4, 0.5) is 23.0 Å². The number of para-hydroxylation sites is 1. The number of anilines is 4. The summed E-state index contributed by atoms with van der Waals surface area (Å²) < 4.78 is 25.0. The molecule has 8 nitrogen and oxygen atoms in total. The van der Waals surface area contributed by atoms with Crippen molar-refractivity contribution in [2.24, 2.45) is 0 Å². The molecular formula is C23H21N5O3S. The van der Waals surface area contributed by atoms with Crippen molar-refractivity contribution in [2.45, 2.75) is 12.8 Å². The molecule has 0 unspecified atom stereocenters. The number of aromatic nitrogens is 2. The molecule has 0 saturated heterocycles. The molecular weight excluding hydrogens is 426 g/mol. The fraction of sp³-hybridized carbons (Fsp3) is 0.174. The number of rotatable bonds is 4. The zero-order chi connectivity index (χ0) is 22.7. The van der Waals surface area contributed by atoms with Crippen molar-refractivity contribution < 1.29 is 13.2 Å². The van der Waals surface area contributed by atoms with Gasteiger partial charge in [-0.25, -0.2) is 18.4 Å². The minimum Gasteiger partial charge on any atom is -0.326 e. The van der Waals surface area contributed by atoms with Crippen LogP contribution in [0.25, 0.3) is 0 Å². The third kappa shape index (κ3) is 4.87. The largest absolute Gasteiger partial charge is 0.326 e. The molecule has 4 rings (SSSR count). The molecule has 3 aromatic rings. The van der Waals surface area contributed by atoms with Gasteiger partial charge in [-0.05, 0) is 54.3 Å². The fourth-order valence-electron chi connectivity index (χ4n) is 3.24.